The summed E-state index contributed by atoms with van der Waals surface area (Å²) in [5, 5.41) is 0. The van der Waals surface area contributed by atoms with Gasteiger partial charge in [0.05, 0.1) is 0 Å². The zero-order valence-electron chi connectivity index (χ0n) is 11.6. The average molecular weight is 228 g/mol. The van der Waals surface area contributed by atoms with Crippen LogP contribution < -0.4 is 0 Å². The van der Waals surface area contributed by atoms with Crippen LogP contribution in [0.15, 0.2) is 47.1 Å². The fraction of sp³-hybridized carbons (Fsp3) is 0.529. The summed E-state index contributed by atoms with van der Waals surface area (Å²) in [6.07, 6.45) is 15.3. The summed E-state index contributed by atoms with van der Waals surface area (Å²) in [6, 6.07) is 0. The van der Waals surface area contributed by atoms with Gasteiger partial charge in [-0.15, -0.1) is 0 Å². The second-order valence-electron chi connectivity index (χ2n) is 5.88. The highest BCUT2D eigenvalue weighted by atomic mass is 14.4. The predicted molar refractivity (Wildman–Crippen MR) is 75.9 cm³/mol. The van der Waals surface area contributed by atoms with Crippen LogP contribution in [0.1, 0.15) is 47.0 Å². The first kappa shape index (κ1) is 12.4. The molecule has 0 fully saturated rings. The van der Waals surface area contributed by atoms with Gasteiger partial charge in [-0.3, -0.25) is 0 Å². The number of rotatable bonds is 3. The molecule has 0 saturated heterocycles. The molecule has 0 heteroatoms. The van der Waals surface area contributed by atoms with Crippen LogP contribution in [0.4, 0.5) is 0 Å². The Morgan fingerprint density at radius 3 is 2.53 bits per heavy atom. The van der Waals surface area contributed by atoms with E-state index in [1.807, 2.05) is 0 Å². The Balaban J connectivity index is 2.28. The second-order valence-corrected chi connectivity index (χ2v) is 5.88. The normalized spacial score (nSPS) is 28.2. The molecule has 0 aromatic rings. The van der Waals surface area contributed by atoms with Gasteiger partial charge in [0.1, 0.15) is 0 Å². The molecule has 0 nitrogen and oxygen atoms in total. The van der Waals surface area contributed by atoms with Crippen LogP contribution in [-0.4, -0.2) is 0 Å². The molecule has 2 aliphatic rings. The summed E-state index contributed by atoms with van der Waals surface area (Å²) in [5.74, 6) is 0.693. The van der Waals surface area contributed by atoms with Crippen LogP contribution in [0.5, 0.6) is 0 Å². The Kier molecular flexibility index (Phi) is 3.42. The van der Waals surface area contributed by atoms with E-state index in [9.17, 15) is 0 Å². The standard InChI is InChI=1S/C17H24/c1-13(2)17(12-16-7-5-6-8-16)10-9-14(3)11-15(17)4/h5,7-9,11,13H,6,10,12H2,1-4H3. The Bertz CT molecular complexity index is 415. The van der Waals surface area contributed by atoms with Crippen molar-refractivity contribution in [1.29, 1.82) is 0 Å². The molecule has 0 amide bonds. The van der Waals surface area contributed by atoms with Gasteiger partial charge in [-0.05, 0) is 39.0 Å². The van der Waals surface area contributed by atoms with Gasteiger partial charge < -0.3 is 0 Å². The molecule has 0 spiro atoms. The van der Waals surface area contributed by atoms with Gasteiger partial charge in [-0.2, -0.15) is 0 Å². The SMILES string of the molecule is CC1=CCC(CC2=CCC=C2)(C(C)C)C(C)=C1. The lowest BCUT2D eigenvalue weighted by molar-refractivity contribution is 0.243. The Morgan fingerprint density at radius 1 is 1.24 bits per heavy atom. The molecule has 0 saturated carbocycles. The van der Waals surface area contributed by atoms with Crippen molar-refractivity contribution in [2.75, 3.05) is 0 Å². The van der Waals surface area contributed by atoms with Gasteiger partial charge in [-0.1, -0.05) is 60.9 Å². The summed E-state index contributed by atoms with van der Waals surface area (Å²) >= 11 is 0. The van der Waals surface area contributed by atoms with Crippen LogP contribution in [0.3, 0.4) is 0 Å². The summed E-state index contributed by atoms with van der Waals surface area (Å²) in [5.41, 5.74) is 4.86. The maximum absolute atomic E-state index is 2.41. The lowest BCUT2D eigenvalue weighted by atomic mass is 9.63. The Hall–Kier alpha value is -1.04. The minimum atomic E-state index is 0.347. The van der Waals surface area contributed by atoms with Gasteiger partial charge in [0.25, 0.3) is 0 Å². The van der Waals surface area contributed by atoms with Crippen LogP contribution >= 0.6 is 0 Å². The average Bonchev–Trinajstić information content (AvgIpc) is 2.74. The maximum Gasteiger partial charge on any atom is 0.00102 e. The van der Waals surface area contributed by atoms with Crippen molar-refractivity contribution >= 4 is 0 Å². The molecular weight excluding hydrogens is 204 g/mol. The van der Waals surface area contributed by atoms with E-state index in [4.69, 9.17) is 0 Å². The second kappa shape index (κ2) is 4.68. The van der Waals surface area contributed by atoms with Gasteiger partial charge in [-0.25, -0.2) is 0 Å². The van der Waals surface area contributed by atoms with Crippen LogP contribution in [0.2, 0.25) is 0 Å². The zero-order chi connectivity index (χ0) is 12.5. The van der Waals surface area contributed by atoms with Crippen LogP contribution in [0.25, 0.3) is 0 Å². The lowest BCUT2D eigenvalue weighted by Crippen LogP contribution is -2.30. The van der Waals surface area contributed by atoms with Crippen LogP contribution in [-0.2, 0) is 0 Å². The van der Waals surface area contributed by atoms with Crippen LogP contribution in [0, 0.1) is 11.3 Å². The van der Waals surface area contributed by atoms with E-state index in [0.29, 0.717) is 11.3 Å². The van der Waals surface area contributed by atoms with E-state index >= 15 is 0 Å². The fourth-order valence-electron chi connectivity index (χ4n) is 3.16. The monoisotopic (exact) mass is 228 g/mol. The third-order valence-corrected chi connectivity index (χ3v) is 4.49. The zero-order valence-corrected chi connectivity index (χ0v) is 11.6. The topological polar surface area (TPSA) is 0 Å². The molecule has 2 aliphatic carbocycles. The molecule has 2 rings (SSSR count). The van der Waals surface area contributed by atoms with E-state index in [1.165, 1.54) is 24.0 Å². The molecule has 17 heavy (non-hydrogen) atoms. The van der Waals surface area contributed by atoms with Crippen molar-refractivity contribution in [3.63, 3.8) is 0 Å². The molecule has 0 N–H and O–H groups in total. The van der Waals surface area contributed by atoms with Crippen molar-refractivity contribution in [3.8, 4) is 0 Å². The lowest BCUT2D eigenvalue weighted by Gasteiger charge is -2.41. The fourth-order valence-corrected chi connectivity index (χ4v) is 3.16. The Morgan fingerprint density at radius 2 is 2.00 bits per heavy atom. The van der Waals surface area contributed by atoms with E-state index in [-0.39, 0.29) is 0 Å². The molecule has 0 aromatic heterocycles. The third-order valence-electron chi connectivity index (χ3n) is 4.49. The predicted octanol–water partition coefficient (Wildman–Crippen LogP) is 5.20. The molecule has 0 aliphatic heterocycles. The number of hydrogen-bond acceptors (Lipinski definition) is 0. The summed E-state index contributed by atoms with van der Waals surface area (Å²) in [6.45, 7) is 9.26. The third kappa shape index (κ3) is 2.31. The van der Waals surface area contributed by atoms with Crippen molar-refractivity contribution in [1.82, 2.24) is 0 Å². The van der Waals surface area contributed by atoms with Crippen molar-refractivity contribution in [3.05, 3.63) is 47.1 Å². The molecule has 1 atom stereocenters. The summed E-state index contributed by atoms with van der Waals surface area (Å²) in [4.78, 5) is 0. The summed E-state index contributed by atoms with van der Waals surface area (Å²) in [7, 11) is 0. The van der Waals surface area contributed by atoms with Gasteiger partial charge in [0.2, 0.25) is 0 Å². The van der Waals surface area contributed by atoms with E-state index < -0.39 is 0 Å². The Labute approximate surface area is 106 Å². The quantitative estimate of drug-likeness (QED) is 0.622. The molecule has 0 heterocycles. The highest BCUT2D eigenvalue weighted by molar-refractivity contribution is 5.36. The maximum atomic E-state index is 2.41. The first-order valence-electron chi connectivity index (χ1n) is 6.76. The molecular formula is C17H24. The highest BCUT2D eigenvalue weighted by Gasteiger charge is 2.36. The largest absolute Gasteiger partial charge is 0.0807 e. The minimum Gasteiger partial charge on any atom is -0.0807 e. The van der Waals surface area contributed by atoms with Gasteiger partial charge in [0, 0.05) is 5.41 Å². The van der Waals surface area contributed by atoms with Gasteiger partial charge in [0.15, 0.2) is 0 Å². The molecule has 0 radical (unpaired) electrons. The molecule has 92 valence electrons. The first-order chi connectivity index (χ1) is 8.04. The van der Waals surface area contributed by atoms with E-state index in [1.54, 1.807) is 5.57 Å². The van der Waals surface area contributed by atoms with E-state index in [2.05, 4.69) is 58.1 Å². The highest BCUT2D eigenvalue weighted by Crippen LogP contribution is 2.48. The van der Waals surface area contributed by atoms with Gasteiger partial charge >= 0.3 is 0 Å². The molecule has 1 unspecified atom stereocenters. The number of allylic oxidation sites excluding steroid dienone is 8. The minimum absolute atomic E-state index is 0.347. The number of hydrogen-bond donors (Lipinski definition) is 0. The molecule has 0 aromatic carbocycles. The summed E-state index contributed by atoms with van der Waals surface area (Å²) < 4.78 is 0. The first-order valence-corrected chi connectivity index (χ1v) is 6.76. The van der Waals surface area contributed by atoms with Crippen molar-refractivity contribution in [2.24, 2.45) is 11.3 Å². The van der Waals surface area contributed by atoms with Crippen molar-refractivity contribution < 1.29 is 0 Å². The van der Waals surface area contributed by atoms with Crippen molar-refractivity contribution in [2.45, 2.75) is 47.0 Å². The smallest absolute Gasteiger partial charge is 0.00102 e. The molecule has 0 bridgehead atoms. The van der Waals surface area contributed by atoms with E-state index in [0.717, 1.165) is 6.42 Å².